The molecule has 5 nitrogen and oxygen atoms in total. The van der Waals surface area contributed by atoms with Crippen molar-refractivity contribution < 1.29 is 4.79 Å². The van der Waals surface area contributed by atoms with Crippen LogP contribution in [0.15, 0.2) is 37.2 Å². The van der Waals surface area contributed by atoms with Gasteiger partial charge in [-0.2, -0.15) is 5.10 Å². The molecule has 0 spiro atoms. The first-order valence-corrected chi connectivity index (χ1v) is 5.90. The second kappa shape index (κ2) is 5.39. The summed E-state index contributed by atoms with van der Waals surface area (Å²) in [6.07, 6.45) is 5.31. The molecule has 0 bridgehead atoms. The van der Waals surface area contributed by atoms with Crippen molar-refractivity contribution in [1.29, 1.82) is 0 Å². The third kappa shape index (κ3) is 3.01. The Kier molecular flexibility index (Phi) is 3.66. The van der Waals surface area contributed by atoms with Gasteiger partial charge in [0.05, 0.1) is 6.20 Å². The number of aryl methyl sites for hydroxylation is 1. The minimum Gasteiger partial charge on any atom is -0.381 e. The zero-order valence-corrected chi connectivity index (χ0v) is 10.8. The maximum Gasteiger partial charge on any atom is 0.248 e. The Labute approximate surface area is 111 Å². The average Bonchev–Trinajstić information content (AvgIpc) is 2.85. The normalized spacial score (nSPS) is 10.2. The van der Waals surface area contributed by atoms with Crippen LogP contribution in [0.3, 0.4) is 0 Å². The maximum atomic E-state index is 11.1. The number of nitrogens with zero attached hydrogens (tertiary/aromatic N) is 2. The van der Waals surface area contributed by atoms with Gasteiger partial charge in [0.1, 0.15) is 0 Å². The molecule has 98 valence electrons. The van der Waals surface area contributed by atoms with E-state index in [1.807, 2.05) is 19.2 Å². The molecule has 1 amide bonds. The molecule has 0 atom stereocenters. The van der Waals surface area contributed by atoms with Crippen LogP contribution in [0.5, 0.6) is 0 Å². The highest BCUT2D eigenvalue weighted by Gasteiger charge is 2.04. The Bertz CT molecular complexity index is 616. The van der Waals surface area contributed by atoms with Crippen molar-refractivity contribution >= 4 is 17.8 Å². The molecule has 0 saturated heterocycles. The predicted molar refractivity (Wildman–Crippen MR) is 75.6 cm³/mol. The van der Waals surface area contributed by atoms with E-state index in [1.54, 1.807) is 29.2 Å². The molecule has 1 heterocycles. The van der Waals surface area contributed by atoms with Crippen LogP contribution in [0.25, 0.3) is 6.20 Å². The Morgan fingerprint density at radius 3 is 2.95 bits per heavy atom. The summed E-state index contributed by atoms with van der Waals surface area (Å²) >= 11 is 0. The molecule has 0 unspecified atom stereocenters. The summed E-state index contributed by atoms with van der Waals surface area (Å²) < 4.78 is 1.65. The molecule has 1 aromatic heterocycles. The summed E-state index contributed by atoms with van der Waals surface area (Å²) in [4.78, 5) is 11.1. The molecule has 2 aromatic rings. The van der Waals surface area contributed by atoms with Gasteiger partial charge in [-0.3, -0.25) is 4.79 Å². The molecular weight excluding hydrogens is 240 g/mol. The van der Waals surface area contributed by atoms with E-state index < -0.39 is 5.91 Å². The summed E-state index contributed by atoms with van der Waals surface area (Å²) in [5, 5.41) is 7.40. The minimum atomic E-state index is -0.415. The largest absolute Gasteiger partial charge is 0.381 e. The lowest BCUT2D eigenvalue weighted by atomic mass is 10.1. The molecule has 2 rings (SSSR count). The highest BCUT2D eigenvalue weighted by Crippen LogP contribution is 2.17. The minimum absolute atomic E-state index is 0.415. The first-order valence-electron chi connectivity index (χ1n) is 5.90. The SMILES string of the molecule is C=Cn1cc(CNc2ccc(C(N)=O)cc2C)cn1. The van der Waals surface area contributed by atoms with Crippen molar-refractivity contribution in [2.75, 3.05) is 5.32 Å². The van der Waals surface area contributed by atoms with Gasteiger partial charge >= 0.3 is 0 Å². The van der Waals surface area contributed by atoms with Crippen LogP contribution in [-0.4, -0.2) is 15.7 Å². The van der Waals surface area contributed by atoms with Crippen molar-refractivity contribution in [2.24, 2.45) is 5.73 Å². The average molecular weight is 256 g/mol. The summed E-state index contributed by atoms with van der Waals surface area (Å²) in [7, 11) is 0. The highest BCUT2D eigenvalue weighted by molar-refractivity contribution is 5.93. The zero-order chi connectivity index (χ0) is 13.8. The second-order valence-corrected chi connectivity index (χ2v) is 4.26. The third-order valence-electron chi connectivity index (χ3n) is 2.84. The first kappa shape index (κ1) is 12.9. The molecule has 1 aromatic carbocycles. The molecule has 3 N–H and O–H groups in total. The van der Waals surface area contributed by atoms with Gasteiger partial charge in [0.2, 0.25) is 5.91 Å². The number of carbonyl (C=O) groups excluding carboxylic acids is 1. The van der Waals surface area contributed by atoms with Crippen LogP contribution >= 0.6 is 0 Å². The fraction of sp³-hybridized carbons (Fsp3) is 0.143. The van der Waals surface area contributed by atoms with Crippen LogP contribution in [0.2, 0.25) is 0 Å². The van der Waals surface area contributed by atoms with Crippen molar-refractivity contribution in [3.05, 3.63) is 53.9 Å². The molecule has 0 aliphatic carbocycles. The fourth-order valence-electron chi connectivity index (χ4n) is 1.78. The quantitative estimate of drug-likeness (QED) is 0.859. The predicted octanol–water partition coefficient (Wildman–Crippen LogP) is 2.00. The number of rotatable bonds is 5. The number of primary amides is 1. The molecule has 0 aliphatic heterocycles. The Hall–Kier alpha value is -2.56. The molecule has 0 radical (unpaired) electrons. The number of nitrogens with two attached hydrogens (primary N) is 1. The lowest BCUT2D eigenvalue weighted by Crippen LogP contribution is -2.11. The molecule has 5 heteroatoms. The van der Waals surface area contributed by atoms with E-state index in [1.165, 1.54) is 0 Å². The second-order valence-electron chi connectivity index (χ2n) is 4.26. The molecule has 0 fully saturated rings. The van der Waals surface area contributed by atoms with E-state index in [2.05, 4.69) is 17.0 Å². The first-order chi connectivity index (χ1) is 9.10. The lowest BCUT2D eigenvalue weighted by molar-refractivity contribution is 0.1000. The maximum absolute atomic E-state index is 11.1. The number of hydrogen-bond donors (Lipinski definition) is 2. The number of nitrogens with one attached hydrogen (secondary N) is 1. The van der Waals surface area contributed by atoms with Gasteiger partial charge in [-0.05, 0) is 30.7 Å². The number of carbonyl (C=O) groups is 1. The van der Waals surface area contributed by atoms with Crippen molar-refractivity contribution in [3.8, 4) is 0 Å². The van der Waals surface area contributed by atoms with Crippen molar-refractivity contribution in [2.45, 2.75) is 13.5 Å². The van der Waals surface area contributed by atoms with Crippen LogP contribution in [0.4, 0.5) is 5.69 Å². The molecule has 19 heavy (non-hydrogen) atoms. The summed E-state index contributed by atoms with van der Waals surface area (Å²) in [5.74, 6) is -0.415. The number of benzene rings is 1. The van der Waals surface area contributed by atoms with Crippen molar-refractivity contribution in [1.82, 2.24) is 9.78 Å². The van der Waals surface area contributed by atoms with Crippen LogP contribution in [0, 0.1) is 6.92 Å². The molecular formula is C14H16N4O. The van der Waals surface area contributed by atoms with Gasteiger partial charge in [-0.15, -0.1) is 0 Å². The van der Waals surface area contributed by atoms with Gasteiger partial charge in [-0.25, -0.2) is 4.68 Å². The van der Waals surface area contributed by atoms with Gasteiger partial charge < -0.3 is 11.1 Å². The van der Waals surface area contributed by atoms with E-state index in [-0.39, 0.29) is 0 Å². The molecule has 0 saturated carbocycles. The van der Waals surface area contributed by atoms with Gasteiger partial charge in [0.25, 0.3) is 0 Å². The summed E-state index contributed by atoms with van der Waals surface area (Å²) in [6.45, 7) is 6.23. The summed E-state index contributed by atoms with van der Waals surface area (Å²) in [6, 6.07) is 5.34. The molecule has 0 aliphatic rings. The smallest absolute Gasteiger partial charge is 0.248 e. The number of amides is 1. The van der Waals surface area contributed by atoms with Gasteiger partial charge in [0, 0.05) is 35.8 Å². The Morgan fingerprint density at radius 2 is 2.37 bits per heavy atom. The van der Waals surface area contributed by atoms with Crippen LogP contribution < -0.4 is 11.1 Å². The Morgan fingerprint density at radius 1 is 1.58 bits per heavy atom. The van der Waals surface area contributed by atoms with Crippen LogP contribution in [0.1, 0.15) is 21.5 Å². The summed E-state index contributed by atoms with van der Waals surface area (Å²) in [5.41, 5.74) is 8.75. The number of aromatic nitrogens is 2. The number of hydrogen-bond acceptors (Lipinski definition) is 3. The van der Waals surface area contributed by atoms with Gasteiger partial charge in [0.15, 0.2) is 0 Å². The van der Waals surface area contributed by atoms with E-state index >= 15 is 0 Å². The zero-order valence-electron chi connectivity index (χ0n) is 10.8. The monoisotopic (exact) mass is 256 g/mol. The number of anilines is 1. The standard InChI is InChI=1S/C14H16N4O/c1-3-18-9-11(8-17-18)7-16-13-5-4-12(14(15)19)6-10(13)2/h3-6,8-9,16H,1,7H2,2H3,(H2,15,19). The Balaban J connectivity index is 2.07. The highest BCUT2D eigenvalue weighted by atomic mass is 16.1. The van der Waals surface area contributed by atoms with E-state index in [0.717, 1.165) is 16.8 Å². The topological polar surface area (TPSA) is 72.9 Å². The van der Waals surface area contributed by atoms with E-state index in [0.29, 0.717) is 12.1 Å². The lowest BCUT2D eigenvalue weighted by Gasteiger charge is -2.09. The van der Waals surface area contributed by atoms with Crippen LogP contribution in [-0.2, 0) is 6.54 Å². The van der Waals surface area contributed by atoms with E-state index in [4.69, 9.17) is 5.73 Å². The van der Waals surface area contributed by atoms with E-state index in [9.17, 15) is 4.79 Å². The van der Waals surface area contributed by atoms with Gasteiger partial charge in [-0.1, -0.05) is 6.58 Å². The fourth-order valence-corrected chi connectivity index (χ4v) is 1.78. The third-order valence-corrected chi connectivity index (χ3v) is 2.84. The van der Waals surface area contributed by atoms with Crippen molar-refractivity contribution in [3.63, 3.8) is 0 Å².